The lowest BCUT2D eigenvalue weighted by atomic mass is 10.0. The van der Waals surface area contributed by atoms with E-state index < -0.39 is 0 Å². The largest absolute Gasteiger partial charge is 0.373 e. The van der Waals surface area contributed by atoms with E-state index in [2.05, 4.69) is 30.9 Å². The quantitative estimate of drug-likeness (QED) is 0.909. The summed E-state index contributed by atoms with van der Waals surface area (Å²) in [6.07, 6.45) is 3.82. The van der Waals surface area contributed by atoms with Gasteiger partial charge in [-0.25, -0.2) is 0 Å². The number of amides is 1. The van der Waals surface area contributed by atoms with Crippen LogP contribution in [0, 0.1) is 0 Å². The van der Waals surface area contributed by atoms with Crippen molar-refractivity contribution in [1.82, 2.24) is 9.80 Å². The Balaban J connectivity index is 1.62. The second-order valence-corrected chi connectivity index (χ2v) is 7.53. The first kappa shape index (κ1) is 18.4. The second kappa shape index (κ2) is 8.30. The molecule has 3 atom stereocenters. The molecular weight excluding hydrogens is 314 g/mol. The van der Waals surface area contributed by atoms with Crippen LogP contribution in [0.25, 0.3) is 0 Å². The molecule has 1 aromatic rings. The Morgan fingerprint density at radius 3 is 2.48 bits per heavy atom. The van der Waals surface area contributed by atoms with Gasteiger partial charge in [0.15, 0.2) is 0 Å². The van der Waals surface area contributed by atoms with Crippen molar-refractivity contribution in [3.05, 3.63) is 35.4 Å². The summed E-state index contributed by atoms with van der Waals surface area (Å²) >= 11 is 0. The summed E-state index contributed by atoms with van der Waals surface area (Å²) in [6.45, 7) is 8.44. The highest BCUT2D eigenvalue weighted by Crippen LogP contribution is 2.20. The van der Waals surface area contributed by atoms with Gasteiger partial charge in [0.25, 0.3) is 5.91 Å². The first-order chi connectivity index (χ1) is 12.1. The van der Waals surface area contributed by atoms with E-state index in [9.17, 15) is 4.79 Å². The summed E-state index contributed by atoms with van der Waals surface area (Å²) in [7, 11) is 0. The summed E-state index contributed by atoms with van der Waals surface area (Å²) in [4.78, 5) is 17.2. The van der Waals surface area contributed by atoms with Crippen molar-refractivity contribution in [2.45, 2.75) is 57.9 Å². The minimum atomic E-state index is 0.121. The van der Waals surface area contributed by atoms with Gasteiger partial charge in [-0.3, -0.25) is 9.69 Å². The smallest absolute Gasteiger partial charge is 0.254 e. The number of carbonyl (C=O) groups is 1. The van der Waals surface area contributed by atoms with Crippen molar-refractivity contribution in [2.24, 2.45) is 5.73 Å². The maximum atomic E-state index is 12.8. The number of rotatable bonds is 4. The minimum Gasteiger partial charge on any atom is -0.373 e. The summed E-state index contributed by atoms with van der Waals surface area (Å²) in [5, 5.41) is 0. The lowest BCUT2D eigenvalue weighted by Gasteiger charge is -2.35. The molecule has 25 heavy (non-hydrogen) atoms. The number of morpholine rings is 1. The fourth-order valence-electron chi connectivity index (χ4n) is 4.10. The third kappa shape index (κ3) is 4.60. The Morgan fingerprint density at radius 1 is 1.16 bits per heavy atom. The SMILES string of the molecule is C[C@@H]1CN(Cc2ccc(C(=O)N3CCCC[C@H]3CN)cc2)C[C@H](C)O1. The van der Waals surface area contributed by atoms with Crippen molar-refractivity contribution in [1.29, 1.82) is 0 Å². The fourth-order valence-corrected chi connectivity index (χ4v) is 4.10. The van der Waals surface area contributed by atoms with Gasteiger partial charge >= 0.3 is 0 Å². The molecule has 1 amide bonds. The van der Waals surface area contributed by atoms with Crippen LogP contribution < -0.4 is 5.73 Å². The number of nitrogens with two attached hydrogens (primary N) is 1. The molecule has 1 aromatic carbocycles. The highest BCUT2D eigenvalue weighted by molar-refractivity contribution is 5.94. The molecule has 0 spiro atoms. The van der Waals surface area contributed by atoms with Gasteiger partial charge in [-0.15, -0.1) is 0 Å². The van der Waals surface area contributed by atoms with E-state index in [-0.39, 0.29) is 24.2 Å². The van der Waals surface area contributed by atoms with E-state index in [0.717, 1.165) is 44.6 Å². The molecule has 2 saturated heterocycles. The molecule has 0 saturated carbocycles. The van der Waals surface area contributed by atoms with Crippen molar-refractivity contribution in [3.63, 3.8) is 0 Å². The summed E-state index contributed by atoms with van der Waals surface area (Å²) < 4.78 is 5.79. The van der Waals surface area contributed by atoms with Gasteiger partial charge in [-0.1, -0.05) is 12.1 Å². The van der Waals surface area contributed by atoms with Crippen LogP contribution in [-0.2, 0) is 11.3 Å². The number of hydrogen-bond donors (Lipinski definition) is 1. The van der Waals surface area contributed by atoms with Crippen molar-refractivity contribution in [2.75, 3.05) is 26.2 Å². The monoisotopic (exact) mass is 345 g/mol. The first-order valence-corrected chi connectivity index (χ1v) is 9.54. The molecule has 0 aliphatic carbocycles. The van der Waals surface area contributed by atoms with Gasteiger partial charge in [0.2, 0.25) is 0 Å². The number of ether oxygens (including phenoxy) is 1. The molecule has 3 rings (SSSR count). The number of piperidine rings is 1. The van der Waals surface area contributed by atoms with Crippen LogP contribution in [0.3, 0.4) is 0 Å². The predicted octanol–water partition coefficient (Wildman–Crippen LogP) is 2.25. The third-order valence-corrected chi connectivity index (χ3v) is 5.26. The maximum absolute atomic E-state index is 12.8. The molecule has 2 aliphatic rings. The van der Waals surface area contributed by atoms with Crippen LogP contribution in [0.15, 0.2) is 24.3 Å². The van der Waals surface area contributed by atoms with Crippen LogP contribution >= 0.6 is 0 Å². The average Bonchev–Trinajstić information content (AvgIpc) is 2.61. The highest BCUT2D eigenvalue weighted by Gasteiger charge is 2.26. The zero-order valence-electron chi connectivity index (χ0n) is 15.5. The van der Waals surface area contributed by atoms with Gasteiger partial charge in [0, 0.05) is 44.3 Å². The number of nitrogens with zero attached hydrogens (tertiary/aromatic N) is 2. The van der Waals surface area contributed by atoms with Gasteiger partial charge in [0.1, 0.15) is 0 Å². The molecule has 2 N–H and O–H groups in total. The fraction of sp³-hybridized carbons (Fsp3) is 0.650. The van der Waals surface area contributed by atoms with Crippen molar-refractivity contribution >= 4 is 5.91 Å². The third-order valence-electron chi connectivity index (χ3n) is 5.26. The van der Waals surface area contributed by atoms with Crippen molar-refractivity contribution < 1.29 is 9.53 Å². The molecule has 2 fully saturated rings. The molecule has 0 aromatic heterocycles. The standard InChI is InChI=1S/C20H31N3O2/c1-15-12-22(13-16(2)25-15)14-17-6-8-18(9-7-17)20(24)23-10-4-3-5-19(23)11-21/h6-9,15-16,19H,3-5,10-14,21H2,1-2H3/t15-,16+,19-/m0/s1. The Kier molecular flexibility index (Phi) is 6.10. The number of hydrogen-bond acceptors (Lipinski definition) is 4. The van der Waals surface area contributed by atoms with E-state index in [1.807, 2.05) is 17.0 Å². The number of benzene rings is 1. The number of likely N-dealkylation sites (tertiary alicyclic amines) is 1. The van der Waals surface area contributed by atoms with Crippen LogP contribution in [0.1, 0.15) is 49.0 Å². The molecule has 0 radical (unpaired) electrons. The lowest BCUT2D eigenvalue weighted by molar-refractivity contribution is -0.0704. The maximum Gasteiger partial charge on any atom is 0.254 e. The normalized spacial score (nSPS) is 28.1. The number of carbonyl (C=O) groups excluding carboxylic acids is 1. The Bertz CT molecular complexity index is 565. The van der Waals surface area contributed by atoms with Gasteiger partial charge in [-0.05, 0) is 50.8 Å². The molecular formula is C20H31N3O2. The first-order valence-electron chi connectivity index (χ1n) is 9.54. The molecule has 2 heterocycles. The van der Waals surface area contributed by atoms with Crippen molar-refractivity contribution in [3.8, 4) is 0 Å². The summed E-state index contributed by atoms with van der Waals surface area (Å²) in [6, 6.07) is 8.29. The Morgan fingerprint density at radius 2 is 1.84 bits per heavy atom. The second-order valence-electron chi connectivity index (χ2n) is 7.53. The van der Waals surface area contributed by atoms with E-state index in [0.29, 0.717) is 6.54 Å². The Hall–Kier alpha value is -1.43. The minimum absolute atomic E-state index is 0.121. The van der Waals surface area contributed by atoms with Crippen LogP contribution in [-0.4, -0.2) is 60.1 Å². The van der Waals surface area contributed by atoms with E-state index in [4.69, 9.17) is 10.5 Å². The molecule has 5 nitrogen and oxygen atoms in total. The summed E-state index contributed by atoms with van der Waals surface area (Å²) in [5.74, 6) is 0.121. The van der Waals surface area contributed by atoms with Crippen LogP contribution in [0.2, 0.25) is 0 Å². The topological polar surface area (TPSA) is 58.8 Å². The van der Waals surface area contributed by atoms with Crippen LogP contribution in [0.4, 0.5) is 0 Å². The molecule has 138 valence electrons. The summed E-state index contributed by atoms with van der Waals surface area (Å²) in [5.41, 5.74) is 7.86. The van der Waals surface area contributed by atoms with Gasteiger partial charge < -0.3 is 15.4 Å². The molecule has 0 bridgehead atoms. The highest BCUT2D eigenvalue weighted by atomic mass is 16.5. The zero-order chi connectivity index (χ0) is 17.8. The predicted molar refractivity (Wildman–Crippen MR) is 99.5 cm³/mol. The van der Waals surface area contributed by atoms with Gasteiger partial charge in [0.05, 0.1) is 12.2 Å². The molecule has 5 heteroatoms. The average molecular weight is 345 g/mol. The lowest BCUT2D eigenvalue weighted by Crippen LogP contribution is -2.47. The zero-order valence-corrected chi connectivity index (χ0v) is 15.5. The van der Waals surface area contributed by atoms with E-state index >= 15 is 0 Å². The van der Waals surface area contributed by atoms with E-state index in [1.165, 1.54) is 12.0 Å². The van der Waals surface area contributed by atoms with E-state index in [1.54, 1.807) is 0 Å². The van der Waals surface area contributed by atoms with Gasteiger partial charge in [-0.2, -0.15) is 0 Å². The molecule has 0 unspecified atom stereocenters. The molecule has 2 aliphatic heterocycles. The Labute approximate surface area is 151 Å². The van der Waals surface area contributed by atoms with Crippen LogP contribution in [0.5, 0.6) is 0 Å².